The molecule has 1 amide bonds. The van der Waals surface area contributed by atoms with Gasteiger partial charge in [-0.3, -0.25) is 9.80 Å². The van der Waals surface area contributed by atoms with E-state index >= 15 is 0 Å². The van der Waals surface area contributed by atoms with Crippen molar-refractivity contribution in [2.75, 3.05) is 11.6 Å². The van der Waals surface area contributed by atoms with Gasteiger partial charge in [0.25, 0.3) is 5.91 Å². The average molecular weight is 382 g/mol. The quantitative estimate of drug-likeness (QED) is 0.824. The van der Waals surface area contributed by atoms with E-state index in [1.54, 1.807) is 17.1 Å². The van der Waals surface area contributed by atoms with Crippen LogP contribution < -0.4 is 15.1 Å². The van der Waals surface area contributed by atoms with Crippen molar-refractivity contribution in [1.82, 2.24) is 15.3 Å². The fraction of sp³-hybridized carbons (Fsp3) is 0.250. The zero-order valence-electron chi connectivity index (χ0n) is 13.6. The topological polar surface area (TPSA) is 79.7 Å². The summed E-state index contributed by atoms with van der Waals surface area (Å²) in [5, 5.41) is 8.75. The molecule has 2 aromatic rings. The number of hydrogen-bond acceptors (Lipinski definition) is 6. The smallest absolute Gasteiger partial charge is 0.420 e. The Bertz CT molecular complexity index is 812. The molecule has 0 saturated carbocycles. The Morgan fingerprint density at radius 2 is 2.08 bits per heavy atom. The van der Waals surface area contributed by atoms with E-state index in [1.165, 1.54) is 30.7 Å². The number of amidine groups is 1. The van der Waals surface area contributed by atoms with Crippen molar-refractivity contribution in [2.24, 2.45) is 11.0 Å². The Labute approximate surface area is 152 Å². The number of nitrogens with zero attached hydrogens (tertiary/aromatic N) is 4. The lowest BCUT2D eigenvalue weighted by Crippen LogP contribution is -2.34. The zero-order chi connectivity index (χ0) is 18.7. The van der Waals surface area contributed by atoms with Crippen molar-refractivity contribution in [3.8, 4) is 5.75 Å². The van der Waals surface area contributed by atoms with E-state index in [-0.39, 0.29) is 23.3 Å². The molecule has 136 valence electrons. The van der Waals surface area contributed by atoms with Crippen molar-refractivity contribution < 1.29 is 18.3 Å². The first-order valence-electron chi connectivity index (χ1n) is 7.61. The average Bonchev–Trinajstić information content (AvgIpc) is 2.95. The zero-order valence-corrected chi connectivity index (χ0v) is 14.3. The summed E-state index contributed by atoms with van der Waals surface area (Å²) in [4.78, 5) is 19.8. The molecular formula is C16H14ClF2N5O2. The van der Waals surface area contributed by atoms with Gasteiger partial charge in [-0.15, -0.1) is 8.78 Å². The molecule has 0 bridgehead atoms. The molecule has 1 aromatic heterocycles. The second-order valence-corrected chi connectivity index (χ2v) is 6.00. The highest BCUT2D eigenvalue weighted by Crippen LogP contribution is 2.28. The molecule has 7 nitrogen and oxygen atoms in total. The van der Waals surface area contributed by atoms with Crippen LogP contribution in [0.1, 0.15) is 17.4 Å². The molecule has 0 saturated heterocycles. The number of anilines is 1. The molecule has 1 aromatic carbocycles. The second kappa shape index (κ2) is 7.20. The number of carbonyl (C=O) groups is 1. The van der Waals surface area contributed by atoms with Gasteiger partial charge in [0.1, 0.15) is 23.6 Å². The van der Waals surface area contributed by atoms with Crippen LogP contribution >= 0.6 is 11.6 Å². The summed E-state index contributed by atoms with van der Waals surface area (Å²) in [5.74, 6) is 0.000300. The molecule has 1 unspecified atom stereocenters. The Morgan fingerprint density at radius 3 is 2.69 bits per heavy atom. The predicted octanol–water partition coefficient (Wildman–Crippen LogP) is 2.84. The molecule has 1 atom stereocenters. The molecule has 0 radical (unpaired) electrons. The highest BCUT2D eigenvalue weighted by Gasteiger charge is 2.28. The summed E-state index contributed by atoms with van der Waals surface area (Å²) in [6, 6.07) is 7.37. The minimum atomic E-state index is -3.76. The third-order valence-electron chi connectivity index (χ3n) is 3.57. The van der Waals surface area contributed by atoms with E-state index in [9.17, 15) is 13.6 Å². The minimum absolute atomic E-state index is 0.0381. The van der Waals surface area contributed by atoms with Gasteiger partial charge in [0.05, 0.1) is 12.2 Å². The molecule has 1 aliphatic heterocycles. The lowest BCUT2D eigenvalue weighted by molar-refractivity contribution is -0.0964. The number of rotatable bonds is 4. The number of aromatic nitrogens is 2. The van der Waals surface area contributed by atoms with Crippen molar-refractivity contribution in [2.45, 2.75) is 12.5 Å². The van der Waals surface area contributed by atoms with E-state index in [1.807, 2.05) is 6.92 Å². The van der Waals surface area contributed by atoms with Crippen LogP contribution in [0.3, 0.4) is 0 Å². The SMILES string of the molecule is CC1CN(c2ccc(OC(F)(F)Cl)cc2)N=C1NC(=O)c1ccncn1. The van der Waals surface area contributed by atoms with E-state index in [0.29, 0.717) is 18.1 Å². The van der Waals surface area contributed by atoms with E-state index < -0.39 is 5.57 Å². The van der Waals surface area contributed by atoms with Crippen LogP contribution in [0.4, 0.5) is 14.5 Å². The maximum Gasteiger partial charge on any atom is 0.487 e. The Balaban J connectivity index is 1.69. The molecule has 0 aliphatic carbocycles. The molecule has 0 spiro atoms. The number of nitrogens with one attached hydrogen (secondary N) is 1. The molecule has 0 fully saturated rings. The van der Waals surface area contributed by atoms with Crippen molar-refractivity contribution in [3.63, 3.8) is 0 Å². The normalized spacial score (nSPS) is 17.0. The van der Waals surface area contributed by atoms with Gasteiger partial charge < -0.3 is 10.1 Å². The van der Waals surface area contributed by atoms with Crippen LogP contribution in [0.2, 0.25) is 0 Å². The number of carbonyl (C=O) groups excluding carboxylic acids is 1. The molecule has 10 heteroatoms. The van der Waals surface area contributed by atoms with Crippen LogP contribution in [0, 0.1) is 5.92 Å². The van der Waals surface area contributed by atoms with E-state index in [0.717, 1.165) is 0 Å². The van der Waals surface area contributed by atoms with Crippen LogP contribution in [0.5, 0.6) is 5.75 Å². The third-order valence-corrected chi connectivity index (χ3v) is 3.64. The maximum atomic E-state index is 12.6. The van der Waals surface area contributed by atoms with Gasteiger partial charge in [0.2, 0.25) is 0 Å². The van der Waals surface area contributed by atoms with Crippen molar-refractivity contribution in [3.05, 3.63) is 48.5 Å². The summed E-state index contributed by atoms with van der Waals surface area (Å²) >= 11 is 4.73. The Kier molecular flexibility index (Phi) is 4.99. The lowest BCUT2D eigenvalue weighted by Gasteiger charge is -2.15. The first-order valence-corrected chi connectivity index (χ1v) is 7.99. The van der Waals surface area contributed by atoms with Gasteiger partial charge in [0.15, 0.2) is 0 Å². The van der Waals surface area contributed by atoms with Crippen molar-refractivity contribution in [1.29, 1.82) is 0 Å². The Hall–Kier alpha value is -2.81. The summed E-state index contributed by atoms with van der Waals surface area (Å²) < 4.78 is 29.5. The molecule has 1 N–H and O–H groups in total. The standard InChI is InChI=1S/C16H14ClF2N5O2/c1-10-8-24(11-2-4-12(5-3-11)26-16(17,18)19)23-14(10)22-15(25)13-6-7-20-9-21-13/h2-7,9-10H,8H2,1H3,(H,22,23,25). The molecule has 3 rings (SSSR count). The number of amides is 1. The monoisotopic (exact) mass is 381 g/mol. The van der Waals surface area contributed by atoms with E-state index in [4.69, 9.17) is 11.6 Å². The number of hydrogen-bond donors (Lipinski definition) is 1. The highest BCUT2D eigenvalue weighted by molar-refractivity contribution is 6.20. The van der Waals surface area contributed by atoms with E-state index in [2.05, 4.69) is 25.1 Å². The predicted molar refractivity (Wildman–Crippen MR) is 91.3 cm³/mol. The van der Waals surface area contributed by atoms with Gasteiger partial charge in [0, 0.05) is 23.7 Å². The van der Waals surface area contributed by atoms with Crippen LogP contribution in [0.15, 0.2) is 48.0 Å². The highest BCUT2D eigenvalue weighted by atomic mass is 35.5. The number of benzene rings is 1. The molecule has 26 heavy (non-hydrogen) atoms. The minimum Gasteiger partial charge on any atom is -0.420 e. The number of ether oxygens (including phenoxy) is 1. The van der Waals surface area contributed by atoms with Crippen LogP contribution in [0.25, 0.3) is 0 Å². The second-order valence-electron chi connectivity index (χ2n) is 5.56. The maximum absolute atomic E-state index is 12.6. The summed E-state index contributed by atoms with van der Waals surface area (Å²) in [6.45, 7) is 2.43. The van der Waals surface area contributed by atoms with Gasteiger partial charge >= 0.3 is 5.57 Å². The largest absolute Gasteiger partial charge is 0.487 e. The first-order chi connectivity index (χ1) is 12.3. The fourth-order valence-electron chi connectivity index (χ4n) is 2.35. The molecule has 2 heterocycles. The van der Waals surface area contributed by atoms with Crippen molar-refractivity contribution >= 4 is 29.0 Å². The summed E-state index contributed by atoms with van der Waals surface area (Å²) in [5.41, 5.74) is -2.87. The first kappa shape index (κ1) is 18.0. The van der Waals surface area contributed by atoms with Gasteiger partial charge in [-0.1, -0.05) is 6.92 Å². The fourth-order valence-corrected chi connectivity index (χ4v) is 2.44. The third kappa shape index (κ3) is 4.42. The van der Waals surface area contributed by atoms with Gasteiger partial charge in [-0.05, 0) is 30.3 Å². The van der Waals surface area contributed by atoms with Crippen LogP contribution in [-0.2, 0) is 0 Å². The number of halogens is 3. The summed E-state index contributed by atoms with van der Waals surface area (Å²) in [6.07, 6.45) is 2.76. The number of alkyl halides is 3. The van der Waals surface area contributed by atoms with Gasteiger partial charge in [-0.25, -0.2) is 9.97 Å². The lowest BCUT2D eigenvalue weighted by atomic mass is 10.1. The molecular weight excluding hydrogens is 368 g/mol. The van der Waals surface area contributed by atoms with Crippen LogP contribution in [-0.4, -0.2) is 33.8 Å². The summed E-state index contributed by atoms with van der Waals surface area (Å²) in [7, 11) is 0. The molecule has 1 aliphatic rings. The Morgan fingerprint density at radius 1 is 1.35 bits per heavy atom. The van der Waals surface area contributed by atoms with Gasteiger partial charge in [-0.2, -0.15) is 5.10 Å². The number of hydrazone groups is 1.